The number of fused-ring (bicyclic) bond motifs is 6. The summed E-state index contributed by atoms with van der Waals surface area (Å²) >= 11 is 0. The summed E-state index contributed by atoms with van der Waals surface area (Å²) < 4.78 is 4.42. The van der Waals surface area contributed by atoms with E-state index in [0.29, 0.717) is 5.96 Å². The molecule has 0 spiro atoms. The molecule has 0 aliphatic heterocycles. The molecular weight excluding hydrogens is 683 g/mol. The van der Waals surface area contributed by atoms with Gasteiger partial charge in [-0.2, -0.15) is 0 Å². The number of nitrogens with two attached hydrogens (primary N) is 1. The van der Waals surface area contributed by atoms with Crippen molar-refractivity contribution in [2.45, 2.75) is 6.17 Å². The van der Waals surface area contributed by atoms with Gasteiger partial charge in [0.2, 0.25) is 5.96 Å². The SMILES string of the molecule is N/C(=N\C(/N=C/c1ccccc1)c1ccccc1)n1c2ccccc2c2ccc(-c3ccc(-c4ccc5c(c4)c4ccccc4n5-c4ccccc4)cc3)cc21. The zero-order valence-electron chi connectivity index (χ0n) is 30.6. The van der Waals surface area contributed by atoms with Crippen LogP contribution in [-0.2, 0) is 0 Å². The summed E-state index contributed by atoms with van der Waals surface area (Å²) in [5.41, 5.74) is 19.1. The van der Waals surface area contributed by atoms with Crippen LogP contribution in [0.3, 0.4) is 0 Å². The van der Waals surface area contributed by atoms with Crippen LogP contribution in [0.25, 0.3) is 71.6 Å². The molecule has 0 amide bonds. The molecule has 0 fully saturated rings. The second-order valence-electron chi connectivity index (χ2n) is 14.0. The number of rotatable bonds is 7. The summed E-state index contributed by atoms with van der Waals surface area (Å²) in [5, 5.41) is 4.72. The van der Waals surface area contributed by atoms with Gasteiger partial charge in [0.05, 0.1) is 22.1 Å². The average molecular weight is 720 g/mol. The Hall–Kier alpha value is -7.50. The van der Waals surface area contributed by atoms with Crippen molar-refractivity contribution >= 4 is 55.8 Å². The summed E-state index contributed by atoms with van der Waals surface area (Å²) in [7, 11) is 0. The molecule has 2 aromatic heterocycles. The highest BCUT2D eigenvalue weighted by molar-refractivity contribution is 6.14. The van der Waals surface area contributed by atoms with Crippen LogP contribution < -0.4 is 5.73 Å². The fraction of sp³-hybridized carbons (Fsp3) is 0.0196. The lowest BCUT2D eigenvalue weighted by molar-refractivity contribution is 0.774. The highest BCUT2D eigenvalue weighted by atomic mass is 15.2. The fourth-order valence-electron chi connectivity index (χ4n) is 7.96. The van der Waals surface area contributed by atoms with Crippen LogP contribution in [0, 0.1) is 0 Å². The van der Waals surface area contributed by atoms with Gasteiger partial charge in [-0.15, -0.1) is 0 Å². The van der Waals surface area contributed by atoms with Crippen LogP contribution in [0.1, 0.15) is 17.3 Å². The van der Waals surface area contributed by atoms with E-state index in [-0.39, 0.29) is 0 Å². The molecule has 0 radical (unpaired) electrons. The topological polar surface area (TPSA) is 60.6 Å². The van der Waals surface area contributed by atoms with Gasteiger partial charge in [0, 0.05) is 33.4 Å². The quantitative estimate of drug-likeness (QED) is 0.129. The van der Waals surface area contributed by atoms with Crippen molar-refractivity contribution in [1.29, 1.82) is 0 Å². The lowest BCUT2D eigenvalue weighted by Crippen LogP contribution is -2.23. The first-order chi connectivity index (χ1) is 27.7. The van der Waals surface area contributed by atoms with Gasteiger partial charge in [0.15, 0.2) is 6.17 Å². The van der Waals surface area contributed by atoms with E-state index in [1.54, 1.807) is 0 Å². The van der Waals surface area contributed by atoms with E-state index in [9.17, 15) is 0 Å². The number of para-hydroxylation sites is 3. The van der Waals surface area contributed by atoms with Gasteiger partial charge in [-0.05, 0) is 75.8 Å². The van der Waals surface area contributed by atoms with E-state index in [1.165, 1.54) is 32.9 Å². The Balaban J connectivity index is 1.03. The predicted molar refractivity (Wildman–Crippen MR) is 235 cm³/mol. The molecule has 10 rings (SSSR count). The van der Waals surface area contributed by atoms with Crippen molar-refractivity contribution in [2.75, 3.05) is 0 Å². The first-order valence-electron chi connectivity index (χ1n) is 18.9. The van der Waals surface area contributed by atoms with Gasteiger partial charge in [0.25, 0.3) is 0 Å². The van der Waals surface area contributed by atoms with E-state index in [1.807, 2.05) is 72.9 Å². The van der Waals surface area contributed by atoms with Crippen LogP contribution >= 0.6 is 0 Å². The Kier molecular flexibility index (Phi) is 8.30. The zero-order valence-corrected chi connectivity index (χ0v) is 30.6. The van der Waals surface area contributed by atoms with Gasteiger partial charge >= 0.3 is 0 Å². The molecule has 0 aliphatic carbocycles. The van der Waals surface area contributed by atoms with Crippen LogP contribution in [0.15, 0.2) is 210 Å². The largest absolute Gasteiger partial charge is 0.369 e. The van der Waals surface area contributed by atoms with Gasteiger partial charge in [-0.3, -0.25) is 9.56 Å². The van der Waals surface area contributed by atoms with Crippen molar-refractivity contribution in [2.24, 2.45) is 15.7 Å². The molecule has 5 nitrogen and oxygen atoms in total. The Morgan fingerprint density at radius 2 is 0.964 bits per heavy atom. The molecule has 5 heteroatoms. The van der Waals surface area contributed by atoms with Crippen LogP contribution in [-0.4, -0.2) is 21.3 Å². The second kappa shape index (κ2) is 14.0. The minimum atomic E-state index is -0.516. The van der Waals surface area contributed by atoms with Crippen molar-refractivity contribution < 1.29 is 0 Å². The summed E-state index contributed by atoms with van der Waals surface area (Å²) in [6.07, 6.45) is 1.35. The maximum Gasteiger partial charge on any atom is 0.203 e. The molecule has 10 aromatic rings. The second-order valence-corrected chi connectivity index (χ2v) is 14.0. The molecule has 0 aliphatic rings. The molecule has 0 saturated carbocycles. The summed E-state index contributed by atoms with van der Waals surface area (Å²) in [5.74, 6) is 0.381. The Labute approximate surface area is 325 Å². The minimum absolute atomic E-state index is 0.381. The maximum absolute atomic E-state index is 7.00. The van der Waals surface area contributed by atoms with Gasteiger partial charge in [-0.1, -0.05) is 158 Å². The Bertz CT molecular complexity index is 3070. The number of hydrogen-bond donors (Lipinski definition) is 1. The third-order valence-electron chi connectivity index (χ3n) is 10.7. The molecule has 1 unspecified atom stereocenters. The molecule has 2 heterocycles. The zero-order chi connectivity index (χ0) is 37.4. The fourth-order valence-corrected chi connectivity index (χ4v) is 7.96. The van der Waals surface area contributed by atoms with Gasteiger partial charge in [0.1, 0.15) is 0 Å². The number of aromatic nitrogens is 2. The third-order valence-corrected chi connectivity index (χ3v) is 10.7. The molecule has 1 atom stereocenters. The van der Waals surface area contributed by atoms with Gasteiger partial charge < -0.3 is 10.3 Å². The molecule has 56 heavy (non-hydrogen) atoms. The van der Waals surface area contributed by atoms with E-state index in [4.69, 9.17) is 15.7 Å². The number of hydrogen-bond acceptors (Lipinski definition) is 2. The first-order valence-corrected chi connectivity index (χ1v) is 18.9. The molecule has 266 valence electrons. The van der Waals surface area contributed by atoms with Crippen molar-refractivity contribution in [3.8, 4) is 27.9 Å². The molecule has 2 N–H and O–H groups in total. The van der Waals surface area contributed by atoms with Crippen molar-refractivity contribution in [3.05, 3.63) is 211 Å². The maximum atomic E-state index is 7.00. The minimum Gasteiger partial charge on any atom is -0.369 e. The van der Waals surface area contributed by atoms with E-state index in [0.717, 1.165) is 49.7 Å². The highest BCUT2D eigenvalue weighted by Gasteiger charge is 2.17. The average Bonchev–Trinajstić information content (AvgIpc) is 3.78. The first kappa shape index (κ1) is 33.1. The van der Waals surface area contributed by atoms with Crippen LogP contribution in [0.2, 0.25) is 0 Å². The molecule has 0 saturated heterocycles. The van der Waals surface area contributed by atoms with Crippen LogP contribution in [0.5, 0.6) is 0 Å². The number of nitrogens with zero attached hydrogens (tertiary/aromatic N) is 4. The normalized spacial score (nSPS) is 12.7. The standard InChI is InChI=1S/C51H37N5/c52-51(54-50(38-16-6-2-7-17-38)53-34-35-14-4-1-5-15-35)56-47-23-13-10-20-42(47)44-30-28-40(33-49(44)56)37-26-24-36(25-27-37)39-29-31-48-45(32-39)43-21-11-12-22-46(43)55(48)41-18-8-3-9-19-41/h1-34,50H,(H2,52,54)/b53-34+. The predicted octanol–water partition coefficient (Wildman–Crippen LogP) is 12.2. The van der Waals surface area contributed by atoms with Crippen LogP contribution in [0.4, 0.5) is 0 Å². The summed E-state index contributed by atoms with van der Waals surface area (Å²) in [6.45, 7) is 0. The highest BCUT2D eigenvalue weighted by Crippen LogP contribution is 2.37. The Morgan fingerprint density at radius 3 is 1.68 bits per heavy atom. The molecule has 0 bridgehead atoms. The third kappa shape index (κ3) is 5.92. The number of aliphatic imine (C=N–C) groups is 2. The summed E-state index contributed by atoms with van der Waals surface area (Å²) in [6, 6.07) is 70.1. The van der Waals surface area contributed by atoms with Crippen molar-refractivity contribution in [3.63, 3.8) is 0 Å². The van der Waals surface area contributed by atoms with E-state index >= 15 is 0 Å². The van der Waals surface area contributed by atoms with E-state index < -0.39 is 6.17 Å². The van der Waals surface area contributed by atoms with E-state index in [2.05, 4.69) is 143 Å². The number of benzene rings is 8. The van der Waals surface area contributed by atoms with Crippen molar-refractivity contribution in [1.82, 2.24) is 9.13 Å². The Morgan fingerprint density at radius 1 is 0.446 bits per heavy atom. The summed E-state index contributed by atoms with van der Waals surface area (Å²) in [4.78, 5) is 9.98. The van der Waals surface area contributed by atoms with Gasteiger partial charge in [-0.25, -0.2) is 4.99 Å². The smallest absolute Gasteiger partial charge is 0.203 e. The lowest BCUT2D eigenvalue weighted by Gasteiger charge is -2.13. The molecule has 8 aromatic carbocycles. The molecular formula is C51H37N5. The monoisotopic (exact) mass is 719 g/mol. The lowest BCUT2D eigenvalue weighted by atomic mass is 9.98.